The smallest absolute Gasteiger partial charge is 0.146 e. The van der Waals surface area contributed by atoms with E-state index in [1.807, 2.05) is 49.5 Å². The van der Waals surface area contributed by atoms with Gasteiger partial charge in [0.15, 0.2) is 0 Å². The summed E-state index contributed by atoms with van der Waals surface area (Å²) >= 11 is 0. The molecule has 0 bridgehead atoms. The third-order valence-electron chi connectivity index (χ3n) is 2.87. The first-order chi connectivity index (χ1) is 8.63. The second kappa shape index (κ2) is 4.89. The Labute approximate surface area is 107 Å². The minimum atomic E-state index is 0.598. The number of benzene rings is 1. The topological polar surface area (TPSA) is 39.9 Å². The van der Waals surface area contributed by atoms with Gasteiger partial charge in [-0.2, -0.15) is 5.26 Å². The zero-order chi connectivity index (χ0) is 13.1. The van der Waals surface area contributed by atoms with Crippen molar-refractivity contribution in [2.45, 2.75) is 6.92 Å². The highest BCUT2D eigenvalue weighted by atomic mass is 15.1. The monoisotopic (exact) mass is 237 g/mol. The molecule has 3 heteroatoms. The Morgan fingerprint density at radius 2 is 1.94 bits per heavy atom. The molecular weight excluding hydrogens is 222 g/mol. The summed E-state index contributed by atoms with van der Waals surface area (Å²) in [7, 11) is 3.77. The van der Waals surface area contributed by atoms with Crippen molar-refractivity contribution in [3.8, 4) is 17.2 Å². The summed E-state index contributed by atoms with van der Waals surface area (Å²) in [5.74, 6) is 0.704. The van der Waals surface area contributed by atoms with Gasteiger partial charge < -0.3 is 4.90 Å². The number of anilines is 1. The van der Waals surface area contributed by atoms with Crippen molar-refractivity contribution >= 4 is 5.82 Å². The van der Waals surface area contributed by atoms with Crippen LogP contribution < -0.4 is 4.90 Å². The highest BCUT2D eigenvalue weighted by Crippen LogP contribution is 2.26. The predicted octanol–water partition coefficient (Wildman–Crippen LogP) is 2.99. The number of pyridine rings is 1. The van der Waals surface area contributed by atoms with E-state index in [0.717, 1.165) is 11.1 Å². The van der Waals surface area contributed by atoms with Crippen LogP contribution in [0, 0.1) is 18.3 Å². The third kappa shape index (κ3) is 2.18. The van der Waals surface area contributed by atoms with E-state index in [4.69, 9.17) is 0 Å². The summed E-state index contributed by atoms with van der Waals surface area (Å²) in [5.41, 5.74) is 3.88. The lowest BCUT2D eigenvalue weighted by atomic mass is 10.0. The highest BCUT2D eigenvalue weighted by Gasteiger charge is 2.09. The molecule has 0 atom stereocenters. The molecule has 1 heterocycles. The standard InChI is InChI=1S/C15H15N3/c1-11-6-4-5-7-14(11)13-8-12(9-16)15(17-10-13)18(2)3/h4-8,10H,1-3H3. The molecule has 3 nitrogen and oxygen atoms in total. The van der Waals surface area contributed by atoms with Crippen molar-refractivity contribution in [1.82, 2.24) is 4.98 Å². The molecule has 18 heavy (non-hydrogen) atoms. The summed E-state index contributed by atoms with van der Waals surface area (Å²) in [6.45, 7) is 2.06. The quantitative estimate of drug-likeness (QED) is 0.806. The van der Waals surface area contributed by atoms with Gasteiger partial charge in [-0.15, -0.1) is 0 Å². The van der Waals surface area contributed by atoms with Gasteiger partial charge in [0.05, 0.1) is 5.56 Å². The maximum atomic E-state index is 9.19. The molecule has 0 saturated carbocycles. The van der Waals surface area contributed by atoms with Crippen LogP contribution in [0.5, 0.6) is 0 Å². The lowest BCUT2D eigenvalue weighted by molar-refractivity contribution is 1.06. The van der Waals surface area contributed by atoms with Crippen molar-refractivity contribution in [2.75, 3.05) is 19.0 Å². The average Bonchev–Trinajstić information content (AvgIpc) is 2.38. The molecule has 2 aromatic rings. The molecule has 0 fully saturated rings. The third-order valence-corrected chi connectivity index (χ3v) is 2.87. The predicted molar refractivity (Wildman–Crippen MR) is 73.5 cm³/mol. The first kappa shape index (κ1) is 12.1. The van der Waals surface area contributed by atoms with Gasteiger partial charge in [-0.1, -0.05) is 24.3 Å². The summed E-state index contributed by atoms with van der Waals surface area (Å²) in [4.78, 5) is 6.22. The molecule has 0 saturated heterocycles. The maximum Gasteiger partial charge on any atom is 0.146 e. The summed E-state index contributed by atoms with van der Waals surface area (Å²) in [6.07, 6.45) is 1.82. The zero-order valence-corrected chi connectivity index (χ0v) is 10.8. The van der Waals surface area contributed by atoms with Crippen molar-refractivity contribution in [3.05, 3.63) is 47.7 Å². The van der Waals surface area contributed by atoms with Crippen molar-refractivity contribution in [2.24, 2.45) is 0 Å². The van der Waals surface area contributed by atoms with E-state index < -0.39 is 0 Å². The van der Waals surface area contributed by atoms with Crippen LogP contribution in [0.1, 0.15) is 11.1 Å². The van der Waals surface area contributed by atoms with Crippen LogP contribution in [-0.4, -0.2) is 19.1 Å². The second-order valence-corrected chi connectivity index (χ2v) is 4.42. The lowest BCUT2D eigenvalue weighted by Crippen LogP contribution is -2.12. The van der Waals surface area contributed by atoms with Crippen LogP contribution >= 0.6 is 0 Å². The number of nitrogens with zero attached hydrogens (tertiary/aromatic N) is 3. The van der Waals surface area contributed by atoms with Crippen molar-refractivity contribution in [3.63, 3.8) is 0 Å². The van der Waals surface area contributed by atoms with E-state index in [1.165, 1.54) is 5.56 Å². The minimum Gasteiger partial charge on any atom is -0.362 e. The number of hydrogen-bond donors (Lipinski definition) is 0. The molecule has 1 aromatic heterocycles. The molecule has 0 aliphatic heterocycles. The van der Waals surface area contributed by atoms with Crippen molar-refractivity contribution in [1.29, 1.82) is 5.26 Å². The van der Waals surface area contributed by atoms with Gasteiger partial charge in [-0.25, -0.2) is 4.98 Å². The average molecular weight is 237 g/mol. The summed E-state index contributed by atoms with van der Waals surface area (Å²) in [6, 6.07) is 12.2. The van der Waals surface area contributed by atoms with Gasteiger partial charge in [0.25, 0.3) is 0 Å². The molecule has 0 radical (unpaired) electrons. The lowest BCUT2D eigenvalue weighted by Gasteiger charge is -2.14. The Bertz CT molecular complexity index is 609. The van der Waals surface area contributed by atoms with Gasteiger partial charge in [-0.05, 0) is 24.1 Å². The number of aromatic nitrogens is 1. The number of aryl methyl sites for hydroxylation is 1. The Kier molecular flexibility index (Phi) is 3.29. The number of rotatable bonds is 2. The van der Waals surface area contributed by atoms with Gasteiger partial charge in [0, 0.05) is 25.9 Å². The van der Waals surface area contributed by atoms with Gasteiger partial charge in [0.1, 0.15) is 11.9 Å². The fourth-order valence-corrected chi connectivity index (χ4v) is 1.94. The number of hydrogen-bond acceptors (Lipinski definition) is 3. The van der Waals surface area contributed by atoms with Crippen molar-refractivity contribution < 1.29 is 0 Å². The molecule has 0 unspecified atom stereocenters. The van der Waals surface area contributed by atoms with E-state index >= 15 is 0 Å². The highest BCUT2D eigenvalue weighted by molar-refractivity contribution is 5.70. The maximum absolute atomic E-state index is 9.19. The van der Waals surface area contributed by atoms with E-state index in [9.17, 15) is 5.26 Å². The van der Waals surface area contributed by atoms with Gasteiger partial charge >= 0.3 is 0 Å². The van der Waals surface area contributed by atoms with Crippen LogP contribution in [0.3, 0.4) is 0 Å². The van der Waals surface area contributed by atoms with Crippen LogP contribution in [0.4, 0.5) is 5.82 Å². The van der Waals surface area contributed by atoms with Gasteiger partial charge in [0.2, 0.25) is 0 Å². The summed E-state index contributed by atoms with van der Waals surface area (Å²) in [5, 5.41) is 9.19. The molecule has 0 spiro atoms. The second-order valence-electron chi connectivity index (χ2n) is 4.42. The SMILES string of the molecule is Cc1ccccc1-c1cnc(N(C)C)c(C#N)c1. The van der Waals surface area contributed by atoms with E-state index in [-0.39, 0.29) is 0 Å². The molecular formula is C15H15N3. The molecule has 0 N–H and O–H groups in total. The van der Waals surface area contributed by atoms with Gasteiger partial charge in [-0.3, -0.25) is 0 Å². The fourth-order valence-electron chi connectivity index (χ4n) is 1.94. The molecule has 90 valence electrons. The van der Waals surface area contributed by atoms with Crippen LogP contribution in [0.2, 0.25) is 0 Å². The molecule has 0 aliphatic rings. The molecule has 0 aliphatic carbocycles. The zero-order valence-electron chi connectivity index (χ0n) is 10.8. The number of nitriles is 1. The van der Waals surface area contributed by atoms with Crippen LogP contribution in [-0.2, 0) is 0 Å². The first-order valence-electron chi connectivity index (χ1n) is 5.77. The molecule has 2 rings (SSSR count). The Morgan fingerprint density at radius 1 is 1.22 bits per heavy atom. The van der Waals surface area contributed by atoms with E-state index in [0.29, 0.717) is 11.4 Å². The fraction of sp³-hybridized carbons (Fsp3) is 0.200. The Hall–Kier alpha value is -2.34. The van der Waals surface area contributed by atoms with E-state index in [2.05, 4.69) is 24.0 Å². The Balaban J connectivity index is 2.56. The van der Waals surface area contributed by atoms with Crippen LogP contribution in [0.25, 0.3) is 11.1 Å². The minimum absolute atomic E-state index is 0.598. The van der Waals surface area contributed by atoms with E-state index in [1.54, 1.807) is 0 Å². The normalized spacial score (nSPS) is 9.89. The first-order valence-corrected chi connectivity index (χ1v) is 5.77. The van der Waals surface area contributed by atoms with Crippen LogP contribution in [0.15, 0.2) is 36.5 Å². The molecule has 1 aromatic carbocycles. The molecule has 0 amide bonds. The largest absolute Gasteiger partial charge is 0.362 e. The Morgan fingerprint density at radius 3 is 2.56 bits per heavy atom. The summed E-state index contributed by atoms with van der Waals surface area (Å²) < 4.78 is 0.